The Morgan fingerprint density at radius 2 is 2.12 bits per heavy atom. The molecule has 2 atom stereocenters. The quantitative estimate of drug-likeness (QED) is 0.758. The molecule has 0 saturated carbocycles. The highest BCUT2D eigenvalue weighted by molar-refractivity contribution is 9.11. The lowest BCUT2D eigenvalue weighted by molar-refractivity contribution is -0.141. The fraction of sp³-hybridized carbons (Fsp3) is 0.286. The van der Waals surface area contributed by atoms with Crippen LogP contribution in [0.15, 0.2) is 35.1 Å². The maximum Gasteiger partial charge on any atom is 0.433 e. The molecule has 2 aromatic heterocycles. The number of rotatable bonds is 2. The summed E-state index contributed by atoms with van der Waals surface area (Å²) in [4.78, 5) is 6.61. The van der Waals surface area contributed by atoms with Crippen molar-refractivity contribution < 1.29 is 17.7 Å². The number of nitrogens with zero attached hydrogens (tertiary/aromatic N) is 3. The minimum atomic E-state index is -4.55. The molecule has 1 aliphatic heterocycles. The molecule has 24 heavy (non-hydrogen) atoms. The van der Waals surface area contributed by atoms with Crippen molar-refractivity contribution in [2.75, 3.05) is 6.26 Å². The smallest absolute Gasteiger partial charge is 0.433 e. The van der Waals surface area contributed by atoms with Gasteiger partial charge in [-0.15, -0.1) is 0 Å². The van der Waals surface area contributed by atoms with Crippen molar-refractivity contribution in [3.05, 3.63) is 46.6 Å². The van der Waals surface area contributed by atoms with Crippen molar-refractivity contribution in [2.45, 2.75) is 11.0 Å². The van der Waals surface area contributed by atoms with E-state index in [1.807, 2.05) is 0 Å². The molecule has 3 rings (SSSR count). The minimum absolute atomic E-state index is 0.139. The van der Waals surface area contributed by atoms with Gasteiger partial charge in [-0.1, -0.05) is 15.9 Å². The molecule has 0 amide bonds. The van der Waals surface area contributed by atoms with E-state index in [9.17, 15) is 17.7 Å². The summed E-state index contributed by atoms with van der Waals surface area (Å²) in [5, 5.41) is 3.01. The summed E-state index contributed by atoms with van der Waals surface area (Å²) in [5.41, 5.74) is -0.455. The van der Waals surface area contributed by atoms with Crippen LogP contribution in [0.2, 0.25) is 0 Å². The molecule has 128 valence electrons. The standard InChI is InChI=1S/C14H12BrF3N4OS/c1-22-10-7-19-11(14(16,17)18)5-9(10)21-12(22)13(24(2)23)6-8(15)3-4-20-13/h3-7,20H,1-2H3. The predicted molar refractivity (Wildman–Crippen MR) is 88.5 cm³/mol. The second-order valence-corrected chi connectivity index (χ2v) is 7.71. The van der Waals surface area contributed by atoms with E-state index in [1.165, 1.54) is 6.26 Å². The van der Waals surface area contributed by atoms with Gasteiger partial charge in [0.1, 0.15) is 5.69 Å². The van der Waals surface area contributed by atoms with E-state index in [0.29, 0.717) is 15.8 Å². The molecule has 2 aromatic rings. The van der Waals surface area contributed by atoms with Gasteiger partial charge in [0.05, 0.1) is 23.5 Å². The number of fused-ring (bicyclic) bond motifs is 1. The number of hydrogen-bond acceptors (Lipinski definition) is 4. The molecule has 2 unspecified atom stereocenters. The van der Waals surface area contributed by atoms with E-state index in [4.69, 9.17) is 0 Å². The second-order valence-electron chi connectivity index (χ2n) is 5.25. The van der Waals surface area contributed by atoms with Crippen LogP contribution in [0, 0.1) is 0 Å². The molecular formula is C14H12BrF3N4OS. The first kappa shape index (κ1) is 17.3. The van der Waals surface area contributed by atoms with Crippen molar-refractivity contribution in [2.24, 2.45) is 7.05 Å². The Balaban J connectivity index is 2.22. The van der Waals surface area contributed by atoms with E-state index >= 15 is 0 Å². The molecule has 0 fully saturated rings. The summed E-state index contributed by atoms with van der Waals surface area (Å²) in [6.45, 7) is 0. The van der Waals surface area contributed by atoms with E-state index < -0.39 is 27.9 Å². The van der Waals surface area contributed by atoms with Crippen LogP contribution in [-0.4, -0.2) is 25.3 Å². The van der Waals surface area contributed by atoms with E-state index in [2.05, 4.69) is 31.2 Å². The zero-order valence-electron chi connectivity index (χ0n) is 12.6. The van der Waals surface area contributed by atoms with Crippen molar-refractivity contribution in [1.82, 2.24) is 19.9 Å². The average molecular weight is 421 g/mol. The maximum atomic E-state index is 12.8. The van der Waals surface area contributed by atoms with Gasteiger partial charge in [-0.3, -0.25) is 0 Å². The molecular weight excluding hydrogens is 409 g/mol. The van der Waals surface area contributed by atoms with Crippen molar-refractivity contribution in [1.29, 1.82) is 0 Å². The molecule has 0 radical (unpaired) electrons. The first-order chi connectivity index (χ1) is 11.1. The zero-order valence-corrected chi connectivity index (χ0v) is 15.0. The third-order valence-electron chi connectivity index (χ3n) is 3.72. The van der Waals surface area contributed by atoms with Crippen LogP contribution in [0.25, 0.3) is 11.0 Å². The van der Waals surface area contributed by atoms with Crippen LogP contribution in [0.5, 0.6) is 0 Å². The number of dihydropyridines is 1. The fourth-order valence-corrected chi connectivity index (χ4v) is 4.12. The van der Waals surface area contributed by atoms with Crippen LogP contribution in [0.1, 0.15) is 11.5 Å². The highest BCUT2D eigenvalue weighted by atomic mass is 79.9. The third kappa shape index (κ3) is 2.72. The molecule has 10 heteroatoms. The molecule has 1 aliphatic rings. The Morgan fingerprint density at radius 1 is 1.42 bits per heavy atom. The summed E-state index contributed by atoms with van der Waals surface area (Å²) in [5.74, 6) is 0.334. The summed E-state index contributed by atoms with van der Waals surface area (Å²) < 4.78 is 53.3. The lowest BCUT2D eigenvalue weighted by Crippen LogP contribution is -2.47. The fourth-order valence-electron chi connectivity index (χ4n) is 2.53. The zero-order chi connectivity index (χ0) is 17.7. The summed E-state index contributed by atoms with van der Waals surface area (Å²) in [7, 11) is 1.65. The molecule has 0 saturated heterocycles. The number of alkyl halides is 3. The van der Waals surface area contributed by atoms with Gasteiger partial charge in [-0.05, 0) is 23.3 Å². The Kier molecular flexibility index (Phi) is 4.17. The lowest BCUT2D eigenvalue weighted by atomic mass is 10.2. The van der Waals surface area contributed by atoms with E-state index in [1.54, 1.807) is 30.0 Å². The highest BCUT2D eigenvalue weighted by Crippen LogP contribution is 2.36. The Bertz CT molecular complexity index is 862. The number of pyridine rings is 1. The van der Waals surface area contributed by atoms with Gasteiger partial charge < -0.3 is 14.4 Å². The van der Waals surface area contributed by atoms with Crippen LogP contribution in [-0.2, 0) is 29.3 Å². The predicted octanol–water partition coefficient (Wildman–Crippen LogP) is 2.91. The molecule has 5 nitrogen and oxygen atoms in total. The number of nitrogens with one attached hydrogen (secondary N) is 1. The van der Waals surface area contributed by atoms with Crippen molar-refractivity contribution in [3.8, 4) is 0 Å². The average Bonchev–Trinajstić information content (AvgIpc) is 2.83. The first-order valence-electron chi connectivity index (χ1n) is 6.71. The first-order valence-corrected chi connectivity index (χ1v) is 9.06. The summed E-state index contributed by atoms with van der Waals surface area (Å²) in [6, 6.07) is 0.891. The molecule has 0 spiro atoms. The molecule has 0 aliphatic carbocycles. The number of imidazole rings is 1. The van der Waals surface area contributed by atoms with E-state index in [0.717, 1.165) is 12.3 Å². The maximum absolute atomic E-state index is 12.8. The minimum Gasteiger partial charge on any atom is -0.614 e. The number of aromatic nitrogens is 3. The second kappa shape index (κ2) is 5.78. The van der Waals surface area contributed by atoms with Crippen LogP contribution in [0.4, 0.5) is 13.2 Å². The van der Waals surface area contributed by atoms with Gasteiger partial charge in [0, 0.05) is 23.8 Å². The third-order valence-corrected chi connectivity index (χ3v) is 5.54. The summed E-state index contributed by atoms with van der Waals surface area (Å²) in [6.07, 6.45) is 3.11. The molecule has 0 aromatic carbocycles. The van der Waals surface area contributed by atoms with Gasteiger partial charge in [-0.25, -0.2) is 9.97 Å². The van der Waals surface area contributed by atoms with Crippen molar-refractivity contribution >= 4 is 38.1 Å². The topological polar surface area (TPSA) is 65.8 Å². The molecule has 0 bridgehead atoms. The van der Waals surface area contributed by atoms with Crippen LogP contribution < -0.4 is 5.32 Å². The number of aryl methyl sites for hydroxylation is 1. The number of allylic oxidation sites excluding steroid dienone is 2. The SMILES string of the molecule is Cn1c(C2([S+](C)[O-])C=C(Br)C=CN2)nc2cc(C(F)(F)F)ncc21. The summed E-state index contributed by atoms with van der Waals surface area (Å²) >= 11 is 1.90. The van der Waals surface area contributed by atoms with Gasteiger partial charge in [0.2, 0.25) is 0 Å². The Hall–Kier alpha value is -1.52. The van der Waals surface area contributed by atoms with Gasteiger partial charge in [0.25, 0.3) is 4.87 Å². The van der Waals surface area contributed by atoms with Gasteiger partial charge in [-0.2, -0.15) is 13.2 Å². The van der Waals surface area contributed by atoms with Crippen LogP contribution in [0.3, 0.4) is 0 Å². The van der Waals surface area contributed by atoms with Gasteiger partial charge >= 0.3 is 6.18 Å². The Morgan fingerprint density at radius 3 is 2.71 bits per heavy atom. The number of halogens is 4. The Labute approximate surface area is 147 Å². The van der Waals surface area contributed by atoms with Crippen LogP contribution >= 0.6 is 15.9 Å². The van der Waals surface area contributed by atoms with Gasteiger partial charge in [0.15, 0.2) is 5.82 Å². The number of hydrogen-bond donors (Lipinski definition) is 1. The molecule has 3 heterocycles. The monoisotopic (exact) mass is 420 g/mol. The van der Waals surface area contributed by atoms with Crippen molar-refractivity contribution in [3.63, 3.8) is 0 Å². The lowest BCUT2D eigenvalue weighted by Gasteiger charge is -2.32. The normalized spacial score (nSPS) is 22.4. The largest absolute Gasteiger partial charge is 0.614 e. The van der Waals surface area contributed by atoms with E-state index in [-0.39, 0.29) is 5.52 Å². The highest BCUT2D eigenvalue weighted by Gasteiger charge is 2.45. The molecule has 1 N–H and O–H groups in total.